The zero-order chi connectivity index (χ0) is 15.8. The van der Waals surface area contributed by atoms with Crippen molar-refractivity contribution in [2.24, 2.45) is 5.92 Å². The highest BCUT2D eigenvalue weighted by atomic mass is 16.3. The first kappa shape index (κ1) is 16.5. The predicted octanol–water partition coefficient (Wildman–Crippen LogP) is 1.46. The Morgan fingerprint density at radius 3 is 2.68 bits per heavy atom. The molecule has 1 aliphatic rings. The Kier molecular flexibility index (Phi) is 6.38. The number of likely N-dealkylation sites (tertiary alicyclic amines) is 1. The molecule has 2 rings (SSSR count). The number of carbonyl (C=O) groups is 1. The van der Waals surface area contributed by atoms with Crippen LogP contribution in [0.4, 0.5) is 0 Å². The van der Waals surface area contributed by atoms with E-state index in [0.717, 1.165) is 31.5 Å². The van der Waals surface area contributed by atoms with E-state index in [1.165, 1.54) is 0 Å². The van der Waals surface area contributed by atoms with Gasteiger partial charge in [-0.3, -0.25) is 9.69 Å². The lowest BCUT2D eigenvalue weighted by Crippen LogP contribution is -2.42. The standard InChI is InChI=1S/C17H23N3O2/c18-9-4-10-19-16(21)13-20-11-7-15(8-12-20)17(22)14-5-2-1-3-6-14/h1-3,5-6,15,17,22H,4,7-8,10-13H2,(H,19,21). The second-order valence-electron chi connectivity index (χ2n) is 5.73. The molecule has 0 aromatic heterocycles. The van der Waals surface area contributed by atoms with Crippen LogP contribution in [-0.4, -0.2) is 42.1 Å². The number of amides is 1. The molecule has 22 heavy (non-hydrogen) atoms. The van der Waals surface area contributed by atoms with Crippen molar-refractivity contribution in [1.29, 1.82) is 5.26 Å². The number of benzene rings is 1. The first-order valence-electron chi connectivity index (χ1n) is 7.79. The lowest BCUT2D eigenvalue weighted by Gasteiger charge is -2.33. The molecule has 5 nitrogen and oxygen atoms in total. The smallest absolute Gasteiger partial charge is 0.234 e. The van der Waals surface area contributed by atoms with Crippen LogP contribution in [0.3, 0.4) is 0 Å². The van der Waals surface area contributed by atoms with Gasteiger partial charge in [0, 0.05) is 6.54 Å². The Hall–Kier alpha value is -1.90. The zero-order valence-electron chi connectivity index (χ0n) is 12.7. The van der Waals surface area contributed by atoms with E-state index in [9.17, 15) is 9.90 Å². The van der Waals surface area contributed by atoms with Gasteiger partial charge in [-0.05, 0) is 37.4 Å². The Balaban J connectivity index is 1.74. The largest absolute Gasteiger partial charge is 0.388 e. The Labute approximate surface area is 131 Å². The first-order chi connectivity index (χ1) is 10.7. The molecule has 1 saturated heterocycles. The summed E-state index contributed by atoms with van der Waals surface area (Å²) in [4.78, 5) is 13.8. The van der Waals surface area contributed by atoms with Gasteiger partial charge in [-0.2, -0.15) is 5.26 Å². The van der Waals surface area contributed by atoms with Crippen molar-refractivity contribution in [3.05, 3.63) is 35.9 Å². The van der Waals surface area contributed by atoms with Gasteiger partial charge in [-0.1, -0.05) is 30.3 Å². The zero-order valence-corrected chi connectivity index (χ0v) is 12.7. The molecule has 1 atom stereocenters. The van der Waals surface area contributed by atoms with Crippen LogP contribution in [-0.2, 0) is 4.79 Å². The van der Waals surface area contributed by atoms with E-state index in [-0.39, 0.29) is 11.8 Å². The number of rotatable bonds is 6. The summed E-state index contributed by atoms with van der Waals surface area (Å²) in [5, 5.41) is 21.6. The number of hydrogen-bond acceptors (Lipinski definition) is 4. The number of aliphatic hydroxyl groups is 1. The maximum absolute atomic E-state index is 11.7. The average Bonchev–Trinajstić information content (AvgIpc) is 2.56. The molecule has 1 aromatic rings. The second kappa shape index (κ2) is 8.52. The van der Waals surface area contributed by atoms with Crippen LogP contribution in [0.1, 0.15) is 30.9 Å². The topological polar surface area (TPSA) is 76.4 Å². The number of piperidine rings is 1. The van der Waals surface area contributed by atoms with Crippen molar-refractivity contribution in [1.82, 2.24) is 10.2 Å². The van der Waals surface area contributed by atoms with Crippen molar-refractivity contribution >= 4 is 5.91 Å². The molecule has 0 spiro atoms. The molecule has 118 valence electrons. The molecule has 1 unspecified atom stereocenters. The van der Waals surface area contributed by atoms with Gasteiger partial charge in [0.1, 0.15) is 0 Å². The van der Waals surface area contributed by atoms with Crippen LogP contribution in [0.15, 0.2) is 30.3 Å². The van der Waals surface area contributed by atoms with E-state index in [4.69, 9.17) is 5.26 Å². The third-order valence-corrected chi connectivity index (χ3v) is 4.15. The molecular formula is C17H23N3O2. The summed E-state index contributed by atoms with van der Waals surface area (Å²) < 4.78 is 0. The highest BCUT2D eigenvalue weighted by Crippen LogP contribution is 2.30. The van der Waals surface area contributed by atoms with Gasteiger partial charge in [0.15, 0.2) is 0 Å². The van der Waals surface area contributed by atoms with Gasteiger partial charge in [0.2, 0.25) is 5.91 Å². The molecule has 1 aliphatic heterocycles. The van der Waals surface area contributed by atoms with Crippen LogP contribution in [0, 0.1) is 17.2 Å². The molecule has 0 saturated carbocycles. The molecular weight excluding hydrogens is 278 g/mol. The van der Waals surface area contributed by atoms with Gasteiger partial charge < -0.3 is 10.4 Å². The van der Waals surface area contributed by atoms with Crippen LogP contribution in [0.5, 0.6) is 0 Å². The average molecular weight is 301 g/mol. The molecule has 0 radical (unpaired) electrons. The van der Waals surface area contributed by atoms with E-state index in [1.807, 2.05) is 36.4 Å². The van der Waals surface area contributed by atoms with E-state index in [0.29, 0.717) is 19.5 Å². The minimum absolute atomic E-state index is 0.0303. The fraction of sp³-hybridized carbons (Fsp3) is 0.529. The number of hydrogen-bond donors (Lipinski definition) is 2. The third kappa shape index (κ3) is 4.83. The quantitative estimate of drug-likeness (QED) is 0.780. The van der Waals surface area contributed by atoms with Crippen LogP contribution in [0.25, 0.3) is 0 Å². The third-order valence-electron chi connectivity index (χ3n) is 4.15. The summed E-state index contributed by atoms with van der Waals surface area (Å²) >= 11 is 0. The van der Waals surface area contributed by atoms with Crippen molar-refractivity contribution in [3.8, 4) is 6.07 Å². The molecule has 5 heteroatoms. The minimum Gasteiger partial charge on any atom is -0.388 e. The molecule has 1 heterocycles. The number of aliphatic hydroxyl groups excluding tert-OH is 1. The summed E-state index contributed by atoms with van der Waals surface area (Å²) in [5.41, 5.74) is 0.968. The molecule has 1 aromatic carbocycles. The highest BCUT2D eigenvalue weighted by molar-refractivity contribution is 5.78. The monoisotopic (exact) mass is 301 g/mol. The van der Waals surface area contributed by atoms with E-state index < -0.39 is 6.10 Å². The number of nitrogens with zero attached hydrogens (tertiary/aromatic N) is 2. The molecule has 0 bridgehead atoms. The van der Waals surface area contributed by atoms with Gasteiger partial charge in [0.05, 0.1) is 25.1 Å². The summed E-state index contributed by atoms with van der Waals surface area (Å²) in [7, 11) is 0. The van der Waals surface area contributed by atoms with Crippen molar-refractivity contribution in [3.63, 3.8) is 0 Å². The summed E-state index contributed by atoms with van der Waals surface area (Å²) in [6.45, 7) is 2.43. The van der Waals surface area contributed by atoms with Crippen LogP contribution < -0.4 is 5.32 Å². The molecule has 0 aliphatic carbocycles. The lowest BCUT2D eigenvalue weighted by atomic mass is 9.87. The number of carbonyl (C=O) groups excluding carboxylic acids is 1. The van der Waals surface area contributed by atoms with Gasteiger partial charge >= 0.3 is 0 Å². The molecule has 1 fully saturated rings. The fourth-order valence-corrected chi connectivity index (χ4v) is 2.87. The predicted molar refractivity (Wildman–Crippen MR) is 83.8 cm³/mol. The Morgan fingerprint density at radius 2 is 2.05 bits per heavy atom. The van der Waals surface area contributed by atoms with Crippen LogP contribution in [0.2, 0.25) is 0 Å². The maximum atomic E-state index is 11.7. The van der Waals surface area contributed by atoms with Crippen molar-refractivity contribution in [2.75, 3.05) is 26.2 Å². The number of nitriles is 1. The fourth-order valence-electron chi connectivity index (χ4n) is 2.87. The molecule has 1 amide bonds. The first-order valence-corrected chi connectivity index (χ1v) is 7.79. The van der Waals surface area contributed by atoms with E-state index >= 15 is 0 Å². The molecule has 2 N–H and O–H groups in total. The normalized spacial score (nSPS) is 17.6. The van der Waals surface area contributed by atoms with E-state index in [2.05, 4.69) is 10.2 Å². The Bertz CT molecular complexity index is 504. The van der Waals surface area contributed by atoms with Gasteiger partial charge in [-0.15, -0.1) is 0 Å². The Morgan fingerprint density at radius 1 is 1.36 bits per heavy atom. The SMILES string of the molecule is N#CCCNC(=O)CN1CCC(C(O)c2ccccc2)CC1. The summed E-state index contributed by atoms with van der Waals surface area (Å²) in [6.07, 6.45) is 1.70. The highest BCUT2D eigenvalue weighted by Gasteiger charge is 2.26. The lowest BCUT2D eigenvalue weighted by molar-refractivity contribution is -0.122. The van der Waals surface area contributed by atoms with E-state index in [1.54, 1.807) is 0 Å². The maximum Gasteiger partial charge on any atom is 0.234 e. The second-order valence-corrected chi connectivity index (χ2v) is 5.73. The minimum atomic E-state index is -0.423. The number of nitrogens with one attached hydrogen (secondary N) is 1. The van der Waals surface area contributed by atoms with Crippen molar-refractivity contribution in [2.45, 2.75) is 25.4 Å². The summed E-state index contributed by atoms with van der Waals surface area (Å²) in [6, 6.07) is 11.8. The van der Waals surface area contributed by atoms with Gasteiger partial charge in [-0.25, -0.2) is 0 Å². The van der Waals surface area contributed by atoms with Crippen molar-refractivity contribution < 1.29 is 9.90 Å². The summed E-state index contributed by atoms with van der Waals surface area (Å²) in [5.74, 6) is 0.220. The van der Waals surface area contributed by atoms with Gasteiger partial charge in [0.25, 0.3) is 0 Å². The van der Waals surface area contributed by atoms with Crippen LogP contribution >= 0.6 is 0 Å².